The third kappa shape index (κ3) is 6.38. The number of carbonyl (C=O) groups is 1. The molecule has 0 aliphatic rings. The van der Waals surface area contributed by atoms with E-state index < -0.39 is 15.9 Å². The lowest BCUT2D eigenvalue weighted by atomic mass is 10.2. The number of sulfonamides is 1. The zero-order valence-corrected chi connectivity index (χ0v) is 17.6. The molecule has 1 heterocycles. The smallest absolute Gasteiger partial charge is 0.240 e. The van der Waals surface area contributed by atoms with Gasteiger partial charge < -0.3 is 19.2 Å². The van der Waals surface area contributed by atoms with Gasteiger partial charge in [0.05, 0.1) is 38.2 Å². The third-order valence-electron chi connectivity index (χ3n) is 3.74. The highest BCUT2D eigenvalue weighted by atomic mass is 32.2. The van der Waals surface area contributed by atoms with E-state index in [9.17, 15) is 13.2 Å². The molecule has 0 atom stereocenters. The van der Waals surface area contributed by atoms with Gasteiger partial charge in [0.2, 0.25) is 15.9 Å². The first-order valence-electron chi connectivity index (χ1n) is 8.41. The second-order valence-electron chi connectivity index (χ2n) is 5.79. The Morgan fingerprint density at radius 3 is 2.64 bits per heavy atom. The van der Waals surface area contributed by atoms with Crippen molar-refractivity contribution >= 4 is 33.4 Å². The van der Waals surface area contributed by atoms with E-state index in [-0.39, 0.29) is 12.2 Å². The fourth-order valence-electron chi connectivity index (χ4n) is 2.39. The lowest BCUT2D eigenvalue weighted by Crippen LogP contribution is -2.41. The molecule has 1 aromatic carbocycles. The largest absolute Gasteiger partial charge is 0.497 e. The molecule has 1 N–H and O–H groups in total. The van der Waals surface area contributed by atoms with E-state index in [4.69, 9.17) is 13.9 Å². The van der Waals surface area contributed by atoms with E-state index in [0.717, 1.165) is 16.3 Å². The lowest BCUT2D eigenvalue weighted by molar-refractivity contribution is -0.119. The summed E-state index contributed by atoms with van der Waals surface area (Å²) in [6, 6.07) is 8.47. The maximum Gasteiger partial charge on any atom is 0.240 e. The van der Waals surface area contributed by atoms with Crippen LogP contribution in [0.25, 0.3) is 0 Å². The minimum atomic E-state index is -3.72. The van der Waals surface area contributed by atoms with Gasteiger partial charge in [-0.2, -0.15) is 11.8 Å². The summed E-state index contributed by atoms with van der Waals surface area (Å²) in [6.45, 7) is 0.0578. The fourth-order valence-corrected chi connectivity index (χ4v) is 4.00. The summed E-state index contributed by atoms with van der Waals surface area (Å²) in [5, 5.41) is 2.73. The summed E-state index contributed by atoms with van der Waals surface area (Å²) in [6.07, 6.45) is 2.66. The standard InChI is InChI=1S/C18H24N2O6S2/c1-24-14-6-7-17(25-2)16(11-14)20(28(3,22)23)12-18(21)19-8-10-27-13-15-5-4-9-26-15/h4-7,9,11H,8,10,12-13H2,1-3H3,(H,19,21). The van der Waals surface area contributed by atoms with E-state index in [0.29, 0.717) is 29.5 Å². The van der Waals surface area contributed by atoms with Gasteiger partial charge in [0.1, 0.15) is 23.8 Å². The van der Waals surface area contributed by atoms with E-state index >= 15 is 0 Å². The Balaban J connectivity index is 1.97. The zero-order chi connectivity index (χ0) is 20.6. The summed E-state index contributed by atoms with van der Waals surface area (Å²) < 4.78 is 41.2. The minimum absolute atomic E-state index is 0.242. The molecular weight excluding hydrogens is 404 g/mol. The number of amides is 1. The lowest BCUT2D eigenvalue weighted by Gasteiger charge is -2.24. The van der Waals surface area contributed by atoms with Crippen molar-refractivity contribution in [3.63, 3.8) is 0 Å². The highest BCUT2D eigenvalue weighted by Crippen LogP contribution is 2.33. The van der Waals surface area contributed by atoms with Crippen molar-refractivity contribution in [2.75, 3.05) is 43.6 Å². The highest BCUT2D eigenvalue weighted by molar-refractivity contribution is 7.98. The van der Waals surface area contributed by atoms with Crippen LogP contribution < -0.4 is 19.1 Å². The fraction of sp³-hybridized carbons (Fsp3) is 0.389. The summed E-state index contributed by atoms with van der Waals surface area (Å²) in [4.78, 5) is 12.3. The summed E-state index contributed by atoms with van der Waals surface area (Å²) in [5.41, 5.74) is 0.242. The van der Waals surface area contributed by atoms with Gasteiger partial charge >= 0.3 is 0 Å². The normalized spacial score (nSPS) is 11.1. The molecule has 2 rings (SSSR count). The molecule has 0 fully saturated rings. The van der Waals surface area contributed by atoms with Crippen LogP contribution in [0, 0.1) is 0 Å². The van der Waals surface area contributed by atoms with Crippen molar-refractivity contribution in [1.82, 2.24) is 5.32 Å². The number of benzene rings is 1. The van der Waals surface area contributed by atoms with Crippen LogP contribution in [0.4, 0.5) is 5.69 Å². The molecular formula is C18H24N2O6S2. The Hall–Kier alpha value is -2.33. The zero-order valence-electron chi connectivity index (χ0n) is 16.0. The van der Waals surface area contributed by atoms with Crippen LogP contribution in [-0.2, 0) is 20.6 Å². The number of carbonyl (C=O) groups excluding carboxylic acids is 1. The predicted octanol–water partition coefficient (Wildman–Crippen LogP) is 2.11. The maximum absolute atomic E-state index is 12.3. The Labute approximate surface area is 169 Å². The van der Waals surface area contributed by atoms with E-state index in [1.807, 2.05) is 12.1 Å². The van der Waals surface area contributed by atoms with Gasteiger partial charge in [0, 0.05) is 18.4 Å². The number of hydrogen-bond donors (Lipinski definition) is 1. The molecule has 0 radical (unpaired) electrons. The van der Waals surface area contributed by atoms with Gasteiger partial charge in [-0.15, -0.1) is 0 Å². The van der Waals surface area contributed by atoms with Crippen LogP contribution >= 0.6 is 11.8 Å². The van der Waals surface area contributed by atoms with E-state index in [1.165, 1.54) is 20.3 Å². The molecule has 0 aliphatic heterocycles. The van der Waals surface area contributed by atoms with E-state index in [1.54, 1.807) is 30.2 Å². The van der Waals surface area contributed by atoms with Crippen molar-refractivity contribution in [2.24, 2.45) is 0 Å². The van der Waals surface area contributed by atoms with Crippen LogP contribution in [0.1, 0.15) is 5.76 Å². The van der Waals surface area contributed by atoms with Crippen LogP contribution in [-0.4, -0.2) is 53.6 Å². The number of methoxy groups -OCH3 is 2. The van der Waals surface area contributed by atoms with Crippen molar-refractivity contribution in [1.29, 1.82) is 0 Å². The number of rotatable bonds is 11. The van der Waals surface area contributed by atoms with Gasteiger partial charge in [-0.1, -0.05) is 0 Å². The van der Waals surface area contributed by atoms with Crippen LogP contribution in [0.2, 0.25) is 0 Å². The number of nitrogens with one attached hydrogen (secondary N) is 1. The molecule has 1 amide bonds. The highest BCUT2D eigenvalue weighted by Gasteiger charge is 2.24. The molecule has 0 saturated carbocycles. The van der Waals surface area contributed by atoms with Crippen LogP contribution in [0.5, 0.6) is 11.5 Å². The molecule has 28 heavy (non-hydrogen) atoms. The SMILES string of the molecule is COc1ccc(OC)c(N(CC(=O)NCCSCc2ccco2)S(C)(=O)=O)c1. The van der Waals surface area contributed by atoms with Crippen LogP contribution in [0.15, 0.2) is 41.0 Å². The first-order valence-corrected chi connectivity index (χ1v) is 11.4. The molecule has 0 aliphatic carbocycles. The quantitative estimate of drug-likeness (QED) is 0.547. The molecule has 8 nitrogen and oxygen atoms in total. The average molecular weight is 429 g/mol. The first-order chi connectivity index (χ1) is 13.3. The van der Waals surface area contributed by atoms with Crippen molar-refractivity contribution in [3.8, 4) is 11.5 Å². The average Bonchev–Trinajstić information content (AvgIpc) is 3.18. The Bertz CT molecular complexity index is 868. The third-order valence-corrected chi connectivity index (χ3v) is 5.84. The number of hydrogen-bond acceptors (Lipinski definition) is 7. The van der Waals surface area contributed by atoms with Gasteiger partial charge in [-0.05, 0) is 24.3 Å². The van der Waals surface area contributed by atoms with Gasteiger partial charge in [0.25, 0.3) is 0 Å². The van der Waals surface area contributed by atoms with Gasteiger partial charge in [-0.25, -0.2) is 8.42 Å². The molecule has 0 unspecified atom stereocenters. The number of furan rings is 1. The van der Waals surface area contributed by atoms with Crippen LogP contribution in [0.3, 0.4) is 0 Å². The van der Waals surface area contributed by atoms with Crippen molar-refractivity contribution in [2.45, 2.75) is 5.75 Å². The predicted molar refractivity (Wildman–Crippen MR) is 110 cm³/mol. The summed E-state index contributed by atoms with van der Waals surface area (Å²) in [5.74, 6) is 2.62. The summed E-state index contributed by atoms with van der Waals surface area (Å²) >= 11 is 1.61. The minimum Gasteiger partial charge on any atom is -0.497 e. The summed E-state index contributed by atoms with van der Waals surface area (Å²) in [7, 11) is -0.808. The number of ether oxygens (including phenoxy) is 2. The van der Waals surface area contributed by atoms with Gasteiger partial charge in [0.15, 0.2) is 0 Å². The molecule has 10 heteroatoms. The Morgan fingerprint density at radius 1 is 1.25 bits per heavy atom. The van der Waals surface area contributed by atoms with Crippen molar-refractivity contribution in [3.05, 3.63) is 42.4 Å². The number of nitrogens with zero attached hydrogens (tertiary/aromatic N) is 1. The molecule has 0 bridgehead atoms. The molecule has 2 aromatic rings. The molecule has 1 aromatic heterocycles. The maximum atomic E-state index is 12.3. The second kappa shape index (κ2) is 10.3. The van der Waals surface area contributed by atoms with E-state index in [2.05, 4.69) is 5.32 Å². The molecule has 0 spiro atoms. The number of thioether (sulfide) groups is 1. The number of anilines is 1. The first kappa shape index (κ1) is 22.0. The monoisotopic (exact) mass is 428 g/mol. The van der Waals surface area contributed by atoms with Crippen molar-refractivity contribution < 1.29 is 27.1 Å². The molecule has 0 saturated heterocycles. The van der Waals surface area contributed by atoms with Gasteiger partial charge in [-0.3, -0.25) is 9.10 Å². The Morgan fingerprint density at radius 2 is 2.04 bits per heavy atom. The molecule has 154 valence electrons. The Kier molecular flexibility index (Phi) is 8.06. The topological polar surface area (TPSA) is 98.1 Å². The second-order valence-corrected chi connectivity index (χ2v) is 8.80.